The smallest absolute Gasteiger partial charge is 0.169 e. The van der Waals surface area contributed by atoms with Gasteiger partial charge < -0.3 is 0 Å². The Morgan fingerprint density at radius 2 is 1.76 bits per heavy atom. The number of benzene rings is 2. The number of aromatic nitrogens is 3. The van der Waals surface area contributed by atoms with Gasteiger partial charge in [0.1, 0.15) is 11.6 Å². The highest BCUT2D eigenvalue weighted by Crippen LogP contribution is 2.31. The summed E-state index contributed by atoms with van der Waals surface area (Å²) < 4.78 is 16.1. The molecule has 6 heteroatoms. The molecule has 0 atom stereocenters. The number of halogens is 3. The summed E-state index contributed by atoms with van der Waals surface area (Å²) in [7, 11) is 0. The van der Waals surface area contributed by atoms with Gasteiger partial charge in [-0.3, -0.25) is 4.57 Å². The Labute approximate surface area is 138 Å². The Morgan fingerprint density at radius 3 is 2.48 bits per heavy atom. The van der Waals surface area contributed by atoms with E-state index in [0.29, 0.717) is 21.2 Å². The van der Waals surface area contributed by atoms with Crippen LogP contribution in [0.1, 0.15) is 5.82 Å². The summed E-state index contributed by atoms with van der Waals surface area (Å²) in [5.41, 5.74) is 1.60. The largest absolute Gasteiger partial charge is 0.278 e. The van der Waals surface area contributed by atoms with Crippen molar-refractivity contribution in [3.63, 3.8) is 0 Å². The zero-order valence-electron chi connectivity index (χ0n) is 10.8. The van der Waals surface area contributed by atoms with E-state index in [0.717, 1.165) is 11.5 Å². The van der Waals surface area contributed by atoms with E-state index >= 15 is 0 Å². The molecule has 0 fully saturated rings. The summed E-state index contributed by atoms with van der Waals surface area (Å²) in [6, 6.07) is 14.6. The molecule has 0 amide bonds. The summed E-state index contributed by atoms with van der Waals surface area (Å²) in [6.45, 7) is 0. The van der Waals surface area contributed by atoms with Crippen LogP contribution in [0, 0.1) is 5.82 Å². The first-order valence-corrected chi connectivity index (χ1v) is 8.14. The zero-order chi connectivity index (χ0) is 14.8. The molecule has 0 N–H and O–H groups in total. The SMILES string of the molecule is Fc1cccc(-c2nnc(CBr)n2-c2ccccc2)c1Br. The molecule has 0 aliphatic heterocycles. The predicted octanol–water partition coefficient (Wildman–Crippen LogP) is 4.73. The van der Waals surface area contributed by atoms with Crippen LogP contribution in [0.2, 0.25) is 0 Å². The fraction of sp³-hybridized carbons (Fsp3) is 0.0667. The van der Waals surface area contributed by atoms with Crippen molar-refractivity contribution in [2.75, 3.05) is 0 Å². The Hall–Kier alpha value is -1.53. The third-order valence-electron chi connectivity index (χ3n) is 3.06. The van der Waals surface area contributed by atoms with E-state index < -0.39 is 0 Å². The van der Waals surface area contributed by atoms with Crippen LogP contribution in [0.5, 0.6) is 0 Å². The van der Waals surface area contributed by atoms with Crippen LogP contribution in [0.3, 0.4) is 0 Å². The lowest BCUT2D eigenvalue weighted by Crippen LogP contribution is -2.02. The van der Waals surface area contributed by atoms with Gasteiger partial charge >= 0.3 is 0 Å². The Bertz CT molecular complexity index is 772. The molecular formula is C15H10Br2FN3. The molecule has 0 saturated heterocycles. The first-order chi connectivity index (χ1) is 10.2. The minimum Gasteiger partial charge on any atom is -0.278 e. The zero-order valence-corrected chi connectivity index (χ0v) is 14.0. The molecule has 0 unspecified atom stereocenters. The quantitative estimate of drug-likeness (QED) is 0.584. The molecule has 3 nitrogen and oxygen atoms in total. The van der Waals surface area contributed by atoms with Gasteiger partial charge in [0, 0.05) is 11.3 Å². The molecule has 1 aromatic heterocycles. The van der Waals surface area contributed by atoms with Crippen LogP contribution in [0.4, 0.5) is 4.39 Å². The van der Waals surface area contributed by atoms with Crippen LogP contribution in [0.15, 0.2) is 53.0 Å². The minimum atomic E-state index is -0.324. The Balaban J connectivity index is 2.25. The van der Waals surface area contributed by atoms with E-state index in [1.807, 2.05) is 41.0 Å². The summed E-state index contributed by atoms with van der Waals surface area (Å²) in [4.78, 5) is 0. The second kappa shape index (κ2) is 6.07. The lowest BCUT2D eigenvalue weighted by Gasteiger charge is -2.10. The molecule has 0 radical (unpaired) electrons. The van der Waals surface area contributed by atoms with Gasteiger partial charge in [-0.15, -0.1) is 10.2 Å². The van der Waals surface area contributed by atoms with Crippen molar-refractivity contribution in [1.82, 2.24) is 14.8 Å². The number of hydrogen-bond acceptors (Lipinski definition) is 2. The van der Waals surface area contributed by atoms with E-state index in [2.05, 4.69) is 42.1 Å². The standard InChI is InChI=1S/C15H10Br2FN3/c16-9-13-19-20-15(11-7-4-8-12(18)14(11)17)21(13)10-5-2-1-3-6-10/h1-8H,9H2. The minimum absolute atomic E-state index is 0.324. The van der Waals surface area contributed by atoms with Gasteiger partial charge in [-0.25, -0.2) is 4.39 Å². The molecule has 1 heterocycles. The molecule has 21 heavy (non-hydrogen) atoms. The van der Waals surface area contributed by atoms with Crippen molar-refractivity contribution >= 4 is 31.9 Å². The van der Waals surface area contributed by atoms with Crippen LogP contribution in [0.25, 0.3) is 17.1 Å². The summed E-state index contributed by atoms with van der Waals surface area (Å²) in [6.07, 6.45) is 0. The van der Waals surface area contributed by atoms with Gasteiger partial charge in [-0.1, -0.05) is 40.2 Å². The maximum absolute atomic E-state index is 13.8. The lowest BCUT2D eigenvalue weighted by atomic mass is 10.2. The number of para-hydroxylation sites is 1. The van der Waals surface area contributed by atoms with Crippen molar-refractivity contribution in [2.24, 2.45) is 0 Å². The topological polar surface area (TPSA) is 30.7 Å². The van der Waals surface area contributed by atoms with E-state index in [1.54, 1.807) is 6.07 Å². The number of nitrogens with zero attached hydrogens (tertiary/aromatic N) is 3. The average molecular weight is 411 g/mol. The molecule has 2 aromatic carbocycles. The summed E-state index contributed by atoms with van der Waals surface area (Å²) in [5, 5.41) is 8.96. The van der Waals surface area contributed by atoms with Crippen molar-refractivity contribution in [3.05, 3.63) is 64.6 Å². The average Bonchev–Trinajstić information content (AvgIpc) is 2.94. The molecule has 3 rings (SSSR count). The van der Waals surface area contributed by atoms with Crippen LogP contribution in [-0.2, 0) is 5.33 Å². The normalized spacial score (nSPS) is 10.8. The van der Waals surface area contributed by atoms with Crippen LogP contribution >= 0.6 is 31.9 Å². The third kappa shape index (κ3) is 2.65. The van der Waals surface area contributed by atoms with Crippen molar-refractivity contribution < 1.29 is 4.39 Å². The maximum Gasteiger partial charge on any atom is 0.169 e. The molecule has 0 aliphatic rings. The Kier molecular flexibility index (Phi) is 4.17. The molecule has 0 bridgehead atoms. The highest BCUT2D eigenvalue weighted by atomic mass is 79.9. The van der Waals surface area contributed by atoms with Crippen LogP contribution in [-0.4, -0.2) is 14.8 Å². The molecule has 3 aromatic rings. The Morgan fingerprint density at radius 1 is 1.00 bits per heavy atom. The van der Waals surface area contributed by atoms with Gasteiger partial charge in [0.25, 0.3) is 0 Å². The highest BCUT2D eigenvalue weighted by Gasteiger charge is 2.18. The fourth-order valence-corrected chi connectivity index (χ4v) is 2.91. The molecular weight excluding hydrogens is 401 g/mol. The van der Waals surface area contributed by atoms with Gasteiger partial charge in [0.2, 0.25) is 0 Å². The second-order valence-electron chi connectivity index (χ2n) is 4.35. The summed E-state index contributed by atoms with van der Waals surface area (Å²) >= 11 is 6.70. The number of rotatable bonds is 3. The van der Waals surface area contributed by atoms with Gasteiger partial charge in [0.05, 0.1) is 9.80 Å². The second-order valence-corrected chi connectivity index (χ2v) is 5.70. The number of hydrogen-bond donors (Lipinski definition) is 0. The lowest BCUT2D eigenvalue weighted by molar-refractivity contribution is 0.621. The first kappa shape index (κ1) is 14.4. The van der Waals surface area contributed by atoms with E-state index in [1.165, 1.54) is 6.07 Å². The molecule has 0 saturated carbocycles. The predicted molar refractivity (Wildman–Crippen MR) is 87.1 cm³/mol. The third-order valence-corrected chi connectivity index (χ3v) is 4.36. The van der Waals surface area contributed by atoms with E-state index in [-0.39, 0.29) is 5.82 Å². The van der Waals surface area contributed by atoms with Gasteiger partial charge in [0.15, 0.2) is 5.82 Å². The van der Waals surface area contributed by atoms with E-state index in [9.17, 15) is 4.39 Å². The van der Waals surface area contributed by atoms with E-state index in [4.69, 9.17) is 0 Å². The fourth-order valence-electron chi connectivity index (χ4n) is 2.10. The number of alkyl halides is 1. The van der Waals surface area contributed by atoms with Crippen molar-refractivity contribution in [1.29, 1.82) is 0 Å². The highest BCUT2D eigenvalue weighted by molar-refractivity contribution is 9.10. The summed E-state index contributed by atoms with van der Waals surface area (Å²) in [5.74, 6) is 1.03. The van der Waals surface area contributed by atoms with Gasteiger partial charge in [-0.2, -0.15) is 0 Å². The first-order valence-electron chi connectivity index (χ1n) is 6.22. The monoisotopic (exact) mass is 409 g/mol. The maximum atomic E-state index is 13.8. The van der Waals surface area contributed by atoms with Crippen molar-refractivity contribution in [2.45, 2.75) is 5.33 Å². The molecule has 0 spiro atoms. The van der Waals surface area contributed by atoms with Crippen LogP contribution < -0.4 is 0 Å². The molecule has 0 aliphatic carbocycles. The van der Waals surface area contributed by atoms with Gasteiger partial charge in [-0.05, 0) is 40.2 Å². The van der Waals surface area contributed by atoms with Crippen molar-refractivity contribution in [3.8, 4) is 17.1 Å². The molecule has 106 valence electrons.